The number of aliphatic hydroxyl groups excluding tert-OH is 1. The van der Waals surface area contributed by atoms with Crippen molar-refractivity contribution in [1.29, 1.82) is 0 Å². The van der Waals surface area contributed by atoms with Crippen molar-refractivity contribution in [2.24, 2.45) is 5.92 Å². The van der Waals surface area contributed by atoms with E-state index in [1.807, 2.05) is 12.1 Å². The molecule has 1 aliphatic carbocycles. The molecule has 2 N–H and O–H groups in total. The number of rotatable bonds is 6. The highest BCUT2D eigenvalue weighted by Gasteiger charge is 2.23. The summed E-state index contributed by atoms with van der Waals surface area (Å²) in [5.74, 6) is 1.31. The molecule has 0 amide bonds. The summed E-state index contributed by atoms with van der Waals surface area (Å²) in [5, 5.41) is 13.7. The molecular weight excluding hydrogens is 250 g/mol. The zero-order chi connectivity index (χ0) is 14.4. The Hall–Kier alpha value is -1.06. The Labute approximate surface area is 122 Å². The van der Waals surface area contributed by atoms with Crippen LogP contribution < -0.4 is 10.1 Å². The molecule has 2 rings (SSSR count). The molecule has 0 spiro atoms. The van der Waals surface area contributed by atoms with Gasteiger partial charge in [0.25, 0.3) is 0 Å². The summed E-state index contributed by atoms with van der Waals surface area (Å²) < 4.78 is 5.20. The Bertz CT molecular complexity index is 390. The van der Waals surface area contributed by atoms with Crippen LogP contribution in [0.3, 0.4) is 0 Å². The van der Waals surface area contributed by atoms with Crippen LogP contribution in [0.5, 0.6) is 5.75 Å². The van der Waals surface area contributed by atoms with E-state index in [-0.39, 0.29) is 6.10 Å². The van der Waals surface area contributed by atoms with Crippen LogP contribution in [0.1, 0.15) is 50.6 Å². The van der Waals surface area contributed by atoms with Gasteiger partial charge in [-0.25, -0.2) is 0 Å². The number of aliphatic hydroxyl groups is 1. The third kappa shape index (κ3) is 3.97. The van der Waals surface area contributed by atoms with E-state index in [9.17, 15) is 5.11 Å². The first-order valence-electron chi connectivity index (χ1n) is 7.80. The lowest BCUT2D eigenvalue weighted by Crippen LogP contribution is -2.35. The molecule has 112 valence electrons. The van der Waals surface area contributed by atoms with E-state index in [1.165, 1.54) is 18.4 Å². The lowest BCUT2D eigenvalue weighted by molar-refractivity contribution is 0.0680. The van der Waals surface area contributed by atoms with E-state index in [4.69, 9.17) is 4.74 Å². The van der Waals surface area contributed by atoms with Crippen LogP contribution in [-0.2, 0) is 0 Å². The molecule has 0 aliphatic heterocycles. The molecule has 1 aliphatic rings. The molecule has 0 heterocycles. The van der Waals surface area contributed by atoms with Gasteiger partial charge in [-0.2, -0.15) is 0 Å². The van der Waals surface area contributed by atoms with E-state index in [0.29, 0.717) is 12.0 Å². The first kappa shape index (κ1) is 15.3. The van der Waals surface area contributed by atoms with Crippen molar-refractivity contribution in [2.75, 3.05) is 13.7 Å². The second-order valence-corrected chi connectivity index (χ2v) is 5.75. The number of benzene rings is 1. The fourth-order valence-electron chi connectivity index (χ4n) is 3.05. The Kier molecular flexibility index (Phi) is 5.86. The van der Waals surface area contributed by atoms with Gasteiger partial charge >= 0.3 is 0 Å². The largest absolute Gasteiger partial charge is 0.497 e. The highest BCUT2D eigenvalue weighted by atomic mass is 16.5. The lowest BCUT2D eigenvalue weighted by atomic mass is 9.86. The summed E-state index contributed by atoms with van der Waals surface area (Å²) in [7, 11) is 1.69. The molecule has 1 saturated carbocycles. The molecule has 1 fully saturated rings. The number of ether oxygens (including phenoxy) is 1. The van der Waals surface area contributed by atoms with E-state index < -0.39 is 0 Å². The van der Waals surface area contributed by atoms with Crippen molar-refractivity contribution in [3.05, 3.63) is 29.8 Å². The van der Waals surface area contributed by atoms with Gasteiger partial charge in [-0.1, -0.05) is 31.9 Å². The van der Waals surface area contributed by atoms with Gasteiger partial charge in [-0.05, 0) is 42.9 Å². The maximum atomic E-state index is 10.0. The Balaban J connectivity index is 1.90. The summed E-state index contributed by atoms with van der Waals surface area (Å²) in [6.07, 6.45) is 5.47. The van der Waals surface area contributed by atoms with E-state index in [1.54, 1.807) is 7.11 Å². The summed E-state index contributed by atoms with van der Waals surface area (Å²) >= 11 is 0. The minimum Gasteiger partial charge on any atom is -0.497 e. The first-order valence-corrected chi connectivity index (χ1v) is 7.80. The number of nitrogens with one attached hydrogen (secondary N) is 1. The van der Waals surface area contributed by atoms with Gasteiger partial charge in [-0.15, -0.1) is 0 Å². The van der Waals surface area contributed by atoms with Gasteiger partial charge in [0, 0.05) is 12.6 Å². The molecule has 3 unspecified atom stereocenters. The van der Waals surface area contributed by atoms with Crippen LogP contribution >= 0.6 is 0 Å². The summed E-state index contributed by atoms with van der Waals surface area (Å²) in [5.41, 5.74) is 1.29. The summed E-state index contributed by atoms with van der Waals surface area (Å²) in [4.78, 5) is 0. The normalized spacial score (nSPS) is 24.4. The zero-order valence-electron chi connectivity index (χ0n) is 12.6. The Morgan fingerprint density at radius 3 is 2.55 bits per heavy atom. The summed E-state index contributed by atoms with van der Waals surface area (Å²) in [6.45, 7) is 3.10. The molecule has 0 bridgehead atoms. The van der Waals surface area contributed by atoms with Crippen LogP contribution in [0.25, 0.3) is 0 Å². The summed E-state index contributed by atoms with van der Waals surface area (Å²) in [6, 6.07) is 8.62. The SMILES string of the molecule is CCC(NCC1CCCCC1O)c1ccc(OC)cc1. The van der Waals surface area contributed by atoms with Gasteiger partial charge in [0.2, 0.25) is 0 Å². The van der Waals surface area contributed by atoms with Gasteiger partial charge in [0.05, 0.1) is 13.2 Å². The van der Waals surface area contributed by atoms with Crippen LogP contribution in [0.15, 0.2) is 24.3 Å². The van der Waals surface area contributed by atoms with Crippen molar-refractivity contribution < 1.29 is 9.84 Å². The Morgan fingerprint density at radius 1 is 1.25 bits per heavy atom. The van der Waals surface area contributed by atoms with E-state index in [0.717, 1.165) is 31.6 Å². The monoisotopic (exact) mass is 277 g/mol. The maximum absolute atomic E-state index is 10.0. The fraction of sp³-hybridized carbons (Fsp3) is 0.647. The zero-order valence-corrected chi connectivity index (χ0v) is 12.6. The number of hydrogen-bond donors (Lipinski definition) is 2. The number of methoxy groups -OCH3 is 1. The van der Waals surface area contributed by atoms with E-state index >= 15 is 0 Å². The predicted octanol–water partition coefficient (Wildman–Crippen LogP) is 3.29. The predicted molar refractivity (Wildman–Crippen MR) is 82.0 cm³/mol. The standard InChI is InChI=1S/C17H27NO2/c1-3-16(13-8-10-15(20-2)11-9-13)18-12-14-6-4-5-7-17(14)19/h8-11,14,16-19H,3-7,12H2,1-2H3. The Morgan fingerprint density at radius 2 is 1.95 bits per heavy atom. The molecule has 1 aromatic carbocycles. The van der Waals surface area contributed by atoms with Crippen LogP contribution in [0.2, 0.25) is 0 Å². The molecular formula is C17H27NO2. The van der Waals surface area contributed by atoms with Crippen molar-refractivity contribution in [1.82, 2.24) is 5.32 Å². The molecule has 3 atom stereocenters. The van der Waals surface area contributed by atoms with Crippen molar-refractivity contribution in [3.63, 3.8) is 0 Å². The average molecular weight is 277 g/mol. The highest BCUT2D eigenvalue weighted by molar-refractivity contribution is 5.29. The van der Waals surface area contributed by atoms with Crippen LogP contribution in [0, 0.1) is 5.92 Å². The van der Waals surface area contributed by atoms with Gasteiger partial charge in [0.1, 0.15) is 5.75 Å². The topological polar surface area (TPSA) is 41.5 Å². The van der Waals surface area contributed by atoms with Gasteiger partial charge in [0.15, 0.2) is 0 Å². The maximum Gasteiger partial charge on any atom is 0.118 e. The second kappa shape index (κ2) is 7.65. The number of hydrogen-bond acceptors (Lipinski definition) is 3. The molecule has 3 nitrogen and oxygen atoms in total. The quantitative estimate of drug-likeness (QED) is 0.838. The molecule has 0 aromatic heterocycles. The lowest BCUT2D eigenvalue weighted by Gasteiger charge is -2.29. The van der Waals surface area contributed by atoms with Crippen molar-refractivity contribution >= 4 is 0 Å². The van der Waals surface area contributed by atoms with Gasteiger partial charge in [-0.3, -0.25) is 0 Å². The minimum absolute atomic E-state index is 0.121. The first-order chi connectivity index (χ1) is 9.74. The van der Waals surface area contributed by atoms with Crippen molar-refractivity contribution in [2.45, 2.75) is 51.2 Å². The molecule has 0 saturated heterocycles. The molecule has 3 heteroatoms. The van der Waals surface area contributed by atoms with Crippen LogP contribution in [0.4, 0.5) is 0 Å². The molecule has 0 radical (unpaired) electrons. The van der Waals surface area contributed by atoms with Crippen LogP contribution in [-0.4, -0.2) is 24.9 Å². The highest BCUT2D eigenvalue weighted by Crippen LogP contribution is 2.25. The molecule has 20 heavy (non-hydrogen) atoms. The van der Waals surface area contributed by atoms with Gasteiger partial charge < -0.3 is 15.2 Å². The fourth-order valence-corrected chi connectivity index (χ4v) is 3.05. The third-order valence-corrected chi connectivity index (χ3v) is 4.42. The third-order valence-electron chi connectivity index (χ3n) is 4.42. The minimum atomic E-state index is -0.121. The van der Waals surface area contributed by atoms with E-state index in [2.05, 4.69) is 24.4 Å². The second-order valence-electron chi connectivity index (χ2n) is 5.75. The smallest absolute Gasteiger partial charge is 0.118 e. The average Bonchev–Trinajstić information content (AvgIpc) is 2.50. The molecule has 1 aromatic rings. The van der Waals surface area contributed by atoms with Crippen molar-refractivity contribution in [3.8, 4) is 5.75 Å².